The zero-order valence-electron chi connectivity index (χ0n) is 12.9. The van der Waals surface area contributed by atoms with Crippen LogP contribution in [0.4, 0.5) is 0 Å². The number of halogens is 2. The second kappa shape index (κ2) is 7.12. The summed E-state index contributed by atoms with van der Waals surface area (Å²) in [6.07, 6.45) is 0. The van der Waals surface area contributed by atoms with Crippen molar-refractivity contribution in [1.29, 1.82) is 0 Å². The van der Waals surface area contributed by atoms with Gasteiger partial charge < -0.3 is 9.47 Å². The molecule has 0 aromatic heterocycles. The Balaban J connectivity index is 1.92. The van der Waals surface area contributed by atoms with Crippen LogP contribution in [0, 0.1) is 0 Å². The van der Waals surface area contributed by atoms with Crippen molar-refractivity contribution < 1.29 is 14.3 Å². The minimum Gasteiger partial charge on any atom is -0.493 e. The number of hydrogen-bond donors (Lipinski definition) is 0. The lowest BCUT2D eigenvalue weighted by Crippen LogP contribution is -2.01. The van der Waals surface area contributed by atoms with Gasteiger partial charge >= 0.3 is 0 Å². The number of carbonyl (C=O) groups is 1. The largest absolute Gasteiger partial charge is 0.493 e. The zero-order chi connectivity index (χ0) is 17.1. The van der Waals surface area contributed by atoms with E-state index in [0.29, 0.717) is 18.1 Å². The van der Waals surface area contributed by atoms with Gasteiger partial charge in [-0.25, -0.2) is 0 Å². The molecule has 0 bridgehead atoms. The standard InChI is InChI=1S/C19H14Cl2O3/c1-23-17-10-14(19(21)22)9-16(20)18(17)24-11-13-7-4-6-12-5-2-3-8-15(12)13/h2-10H,11H2,1H3. The van der Waals surface area contributed by atoms with Gasteiger partial charge in [0.25, 0.3) is 5.24 Å². The van der Waals surface area contributed by atoms with Gasteiger partial charge in [-0.15, -0.1) is 0 Å². The van der Waals surface area contributed by atoms with Crippen molar-refractivity contribution in [2.45, 2.75) is 6.61 Å². The summed E-state index contributed by atoms with van der Waals surface area (Å²) in [4.78, 5) is 11.3. The molecule has 0 aliphatic rings. The monoisotopic (exact) mass is 360 g/mol. The molecule has 0 aliphatic carbocycles. The summed E-state index contributed by atoms with van der Waals surface area (Å²) in [7, 11) is 1.49. The van der Waals surface area contributed by atoms with E-state index in [1.807, 2.05) is 42.5 Å². The second-order valence-corrected chi connectivity index (χ2v) is 5.94. The summed E-state index contributed by atoms with van der Waals surface area (Å²) in [5, 5.41) is 1.93. The van der Waals surface area contributed by atoms with E-state index in [0.717, 1.165) is 16.3 Å². The molecule has 0 unspecified atom stereocenters. The number of ether oxygens (including phenoxy) is 2. The van der Waals surface area contributed by atoms with Crippen molar-refractivity contribution in [3.63, 3.8) is 0 Å². The van der Waals surface area contributed by atoms with E-state index in [4.69, 9.17) is 32.7 Å². The lowest BCUT2D eigenvalue weighted by atomic mass is 10.1. The van der Waals surface area contributed by atoms with Crippen LogP contribution < -0.4 is 9.47 Å². The Morgan fingerprint density at radius 1 is 1.08 bits per heavy atom. The lowest BCUT2D eigenvalue weighted by molar-refractivity contribution is 0.108. The SMILES string of the molecule is COc1cc(C(=O)Cl)cc(Cl)c1OCc1cccc2ccccc12. The van der Waals surface area contributed by atoms with Crippen LogP contribution in [-0.2, 0) is 6.61 Å². The van der Waals surface area contributed by atoms with Crippen LogP contribution in [0.5, 0.6) is 11.5 Å². The third kappa shape index (κ3) is 3.32. The maximum absolute atomic E-state index is 11.3. The first-order valence-electron chi connectivity index (χ1n) is 7.27. The van der Waals surface area contributed by atoms with Crippen molar-refractivity contribution in [3.05, 3.63) is 70.7 Å². The lowest BCUT2D eigenvalue weighted by Gasteiger charge is -2.14. The van der Waals surface area contributed by atoms with Crippen LogP contribution >= 0.6 is 23.2 Å². The second-order valence-electron chi connectivity index (χ2n) is 5.19. The number of carbonyl (C=O) groups excluding carboxylic acids is 1. The summed E-state index contributed by atoms with van der Waals surface area (Å²) in [5.41, 5.74) is 1.29. The Morgan fingerprint density at radius 2 is 1.83 bits per heavy atom. The molecule has 122 valence electrons. The highest BCUT2D eigenvalue weighted by Crippen LogP contribution is 2.37. The zero-order valence-corrected chi connectivity index (χ0v) is 14.4. The fraction of sp³-hybridized carbons (Fsp3) is 0.105. The van der Waals surface area contributed by atoms with E-state index < -0.39 is 5.24 Å². The fourth-order valence-corrected chi connectivity index (χ4v) is 2.92. The van der Waals surface area contributed by atoms with Gasteiger partial charge in [0, 0.05) is 5.56 Å². The Kier molecular flexibility index (Phi) is 4.93. The van der Waals surface area contributed by atoms with E-state index in [1.165, 1.54) is 19.2 Å². The number of methoxy groups -OCH3 is 1. The van der Waals surface area contributed by atoms with E-state index in [2.05, 4.69) is 0 Å². The molecular weight excluding hydrogens is 347 g/mol. The van der Waals surface area contributed by atoms with Crippen LogP contribution in [0.2, 0.25) is 5.02 Å². The summed E-state index contributed by atoms with van der Waals surface area (Å²) in [5.74, 6) is 0.750. The highest BCUT2D eigenvalue weighted by atomic mass is 35.5. The van der Waals surface area contributed by atoms with Gasteiger partial charge in [-0.3, -0.25) is 4.79 Å². The van der Waals surface area contributed by atoms with E-state index in [-0.39, 0.29) is 10.6 Å². The summed E-state index contributed by atoms with van der Waals surface area (Å²) in [6.45, 7) is 0.325. The van der Waals surface area contributed by atoms with Gasteiger partial charge in [0.15, 0.2) is 11.5 Å². The van der Waals surface area contributed by atoms with Gasteiger partial charge in [0.1, 0.15) is 6.61 Å². The van der Waals surface area contributed by atoms with Crippen LogP contribution in [0.25, 0.3) is 10.8 Å². The van der Waals surface area contributed by atoms with Gasteiger partial charge in [-0.2, -0.15) is 0 Å². The molecule has 0 aliphatic heterocycles. The Hall–Kier alpha value is -2.23. The Bertz CT molecular complexity index is 901. The first-order chi connectivity index (χ1) is 11.6. The van der Waals surface area contributed by atoms with Crippen LogP contribution in [0.3, 0.4) is 0 Å². The van der Waals surface area contributed by atoms with E-state index in [9.17, 15) is 4.79 Å². The van der Waals surface area contributed by atoms with Crippen molar-refractivity contribution in [3.8, 4) is 11.5 Å². The Morgan fingerprint density at radius 3 is 2.58 bits per heavy atom. The third-order valence-electron chi connectivity index (χ3n) is 3.71. The molecule has 5 heteroatoms. The molecule has 0 saturated carbocycles. The molecule has 0 amide bonds. The maximum Gasteiger partial charge on any atom is 0.252 e. The van der Waals surface area contributed by atoms with E-state index in [1.54, 1.807) is 0 Å². The van der Waals surface area contributed by atoms with Crippen molar-refractivity contribution >= 4 is 39.2 Å². The summed E-state index contributed by atoms with van der Waals surface area (Å²) < 4.78 is 11.1. The first-order valence-corrected chi connectivity index (χ1v) is 8.02. The minimum atomic E-state index is -0.601. The predicted octanol–water partition coefficient (Wildman–Crippen LogP) is 5.46. The number of hydrogen-bond acceptors (Lipinski definition) is 3. The molecule has 0 atom stereocenters. The quantitative estimate of drug-likeness (QED) is 0.566. The molecule has 0 saturated heterocycles. The van der Waals surface area contributed by atoms with Crippen LogP contribution in [0.1, 0.15) is 15.9 Å². The minimum absolute atomic E-state index is 0.260. The molecule has 0 spiro atoms. The highest BCUT2D eigenvalue weighted by molar-refractivity contribution is 6.67. The van der Waals surface area contributed by atoms with Crippen molar-refractivity contribution in [1.82, 2.24) is 0 Å². The number of benzene rings is 3. The van der Waals surface area contributed by atoms with Crippen LogP contribution in [-0.4, -0.2) is 12.4 Å². The van der Waals surface area contributed by atoms with Gasteiger partial charge in [0.2, 0.25) is 0 Å². The normalized spacial score (nSPS) is 10.6. The molecular formula is C19H14Cl2O3. The van der Waals surface area contributed by atoms with Gasteiger partial charge in [0.05, 0.1) is 12.1 Å². The van der Waals surface area contributed by atoms with Crippen molar-refractivity contribution in [2.24, 2.45) is 0 Å². The molecule has 3 nitrogen and oxygen atoms in total. The Labute approximate surface area is 149 Å². The molecule has 0 N–H and O–H groups in total. The molecule has 0 fully saturated rings. The summed E-state index contributed by atoms with van der Waals surface area (Å²) in [6, 6.07) is 17.1. The number of fused-ring (bicyclic) bond motifs is 1. The number of rotatable bonds is 5. The van der Waals surface area contributed by atoms with Gasteiger partial charge in [-0.1, -0.05) is 54.1 Å². The summed E-state index contributed by atoms with van der Waals surface area (Å²) >= 11 is 11.7. The van der Waals surface area contributed by atoms with Crippen LogP contribution in [0.15, 0.2) is 54.6 Å². The highest BCUT2D eigenvalue weighted by Gasteiger charge is 2.15. The molecule has 3 rings (SSSR count). The third-order valence-corrected chi connectivity index (χ3v) is 4.21. The fourth-order valence-electron chi connectivity index (χ4n) is 2.54. The van der Waals surface area contributed by atoms with Gasteiger partial charge in [-0.05, 0) is 40.1 Å². The molecule has 0 radical (unpaired) electrons. The molecule has 0 heterocycles. The predicted molar refractivity (Wildman–Crippen MR) is 96.5 cm³/mol. The smallest absolute Gasteiger partial charge is 0.252 e. The molecule has 24 heavy (non-hydrogen) atoms. The average Bonchev–Trinajstić information content (AvgIpc) is 2.60. The first kappa shape index (κ1) is 16.6. The van der Waals surface area contributed by atoms with E-state index >= 15 is 0 Å². The maximum atomic E-state index is 11.3. The van der Waals surface area contributed by atoms with Crippen molar-refractivity contribution in [2.75, 3.05) is 7.11 Å². The average molecular weight is 361 g/mol. The molecule has 3 aromatic rings. The molecule has 3 aromatic carbocycles. The topological polar surface area (TPSA) is 35.5 Å².